The van der Waals surface area contributed by atoms with Crippen molar-refractivity contribution in [1.29, 1.82) is 0 Å². The molecule has 2 aromatic heterocycles. The van der Waals surface area contributed by atoms with Crippen molar-refractivity contribution < 1.29 is 18.3 Å². The second-order valence-electron chi connectivity index (χ2n) is 8.81. The van der Waals surface area contributed by atoms with Crippen LogP contribution in [0, 0.1) is 0 Å². The average molecular weight is 554 g/mol. The first-order valence-electron chi connectivity index (χ1n) is 11.1. The number of aliphatic hydroxyl groups excluding tert-OH is 1. The van der Waals surface area contributed by atoms with Gasteiger partial charge in [-0.3, -0.25) is 4.57 Å². The minimum absolute atomic E-state index is 0.0757. The van der Waals surface area contributed by atoms with E-state index >= 15 is 0 Å². The number of para-hydroxylation sites is 1. The van der Waals surface area contributed by atoms with Gasteiger partial charge in [0.05, 0.1) is 22.8 Å². The molecule has 0 radical (unpaired) electrons. The van der Waals surface area contributed by atoms with Crippen LogP contribution in [0.3, 0.4) is 0 Å². The molecular weight excluding hydrogens is 534 g/mol. The normalized spacial score (nSPS) is 15.6. The molecule has 0 spiro atoms. The smallest absolute Gasteiger partial charge is 0.382 e. The zero-order valence-corrected chi connectivity index (χ0v) is 20.5. The van der Waals surface area contributed by atoms with Gasteiger partial charge in [0.1, 0.15) is 6.54 Å². The molecule has 9 nitrogen and oxygen atoms in total. The molecule has 4 aromatic rings. The van der Waals surface area contributed by atoms with E-state index in [0.717, 1.165) is 9.25 Å². The summed E-state index contributed by atoms with van der Waals surface area (Å²) in [4.78, 5) is 17.7. The Labute approximate surface area is 217 Å². The van der Waals surface area contributed by atoms with Gasteiger partial charge in [0.15, 0.2) is 23.6 Å². The number of nitrogens with zero attached hydrogens (tertiary/aromatic N) is 6. The van der Waals surface area contributed by atoms with Gasteiger partial charge in [-0.15, -0.1) is 10.2 Å². The van der Waals surface area contributed by atoms with Crippen LogP contribution >= 0.6 is 23.2 Å². The zero-order valence-electron chi connectivity index (χ0n) is 19.0. The fourth-order valence-corrected chi connectivity index (χ4v) is 4.17. The highest BCUT2D eigenvalue weighted by Gasteiger charge is 2.45. The Kier molecular flexibility index (Phi) is 6.39. The zero-order chi connectivity index (χ0) is 26.5. The van der Waals surface area contributed by atoms with Crippen molar-refractivity contribution in [2.24, 2.45) is 5.73 Å². The predicted octanol–water partition coefficient (Wildman–Crippen LogP) is 3.52. The Bertz CT molecular complexity index is 1510. The summed E-state index contributed by atoms with van der Waals surface area (Å²) in [6.07, 6.45) is -6.34. The SMILES string of the molecule is NC1(c2nc(Cn3nc(-c4ccc(Cl)cc4)n(C[C@H](O)C(F)(F)F)c3=O)nn2-c2ccccc2Cl)CC1. The molecule has 0 aliphatic heterocycles. The van der Waals surface area contributed by atoms with Crippen LogP contribution in [0.4, 0.5) is 13.2 Å². The first-order valence-corrected chi connectivity index (χ1v) is 11.9. The minimum Gasteiger partial charge on any atom is -0.382 e. The van der Waals surface area contributed by atoms with Crippen molar-refractivity contribution in [3.8, 4) is 17.1 Å². The van der Waals surface area contributed by atoms with Crippen LogP contribution in [-0.4, -0.2) is 46.5 Å². The van der Waals surface area contributed by atoms with Gasteiger partial charge in [0, 0.05) is 10.6 Å². The molecule has 1 fully saturated rings. The summed E-state index contributed by atoms with van der Waals surface area (Å²) in [5, 5.41) is 19.2. The minimum atomic E-state index is -4.93. The number of benzene rings is 2. The molecule has 0 bridgehead atoms. The molecule has 2 aromatic carbocycles. The van der Waals surface area contributed by atoms with E-state index in [2.05, 4.69) is 15.2 Å². The molecule has 1 aliphatic rings. The number of hydrogen-bond acceptors (Lipinski definition) is 6. The second kappa shape index (κ2) is 9.28. The summed E-state index contributed by atoms with van der Waals surface area (Å²) < 4.78 is 42.6. The molecule has 194 valence electrons. The van der Waals surface area contributed by atoms with Crippen molar-refractivity contribution in [1.82, 2.24) is 29.1 Å². The topological polar surface area (TPSA) is 117 Å². The standard InChI is InChI=1S/C23H20Cl2F3N7O2/c24-14-7-5-13(6-8-14)19-32-34(21(37)33(19)11-17(36)23(26,27)28)12-18-30-20(22(29)9-10-22)35(31-18)16-4-2-1-3-15(16)25/h1-8,17,36H,9-12,29H2/t17-/m0/s1. The Morgan fingerprint density at radius 3 is 2.38 bits per heavy atom. The lowest BCUT2D eigenvalue weighted by atomic mass is 10.2. The number of halogens is 5. The number of aromatic nitrogens is 6. The van der Waals surface area contributed by atoms with E-state index in [0.29, 0.717) is 40.0 Å². The third kappa shape index (κ3) is 5.01. The molecule has 0 amide bonds. The van der Waals surface area contributed by atoms with Gasteiger partial charge in [-0.05, 0) is 49.2 Å². The lowest BCUT2D eigenvalue weighted by molar-refractivity contribution is -0.207. The molecule has 0 unspecified atom stereocenters. The lowest BCUT2D eigenvalue weighted by Crippen LogP contribution is -2.37. The highest BCUT2D eigenvalue weighted by Crippen LogP contribution is 2.42. The molecule has 2 heterocycles. The van der Waals surface area contributed by atoms with E-state index < -0.39 is 30.1 Å². The van der Waals surface area contributed by atoms with E-state index in [1.54, 1.807) is 24.3 Å². The average Bonchev–Trinajstić information content (AvgIpc) is 3.33. The summed E-state index contributed by atoms with van der Waals surface area (Å²) in [7, 11) is 0. The highest BCUT2D eigenvalue weighted by molar-refractivity contribution is 6.32. The van der Waals surface area contributed by atoms with Gasteiger partial charge >= 0.3 is 11.9 Å². The molecule has 5 rings (SSSR count). The molecule has 1 atom stereocenters. The number of hydrogen-bond donors (Lipinski definition) is 2. The van der Waals surface area contributed by atoms with Gasteiger partial charge in [0.2, 0.25) is 0 Å². The first-order chi connectivity index (χ1) is 17.5. The van der Waals surface area contributed by atoms with Crippen LogP contribution < -0.4 is 11.4 Å². The van der Waals surface area contributed by atoms with Crippen LogP contribution in [0.15, 0.2) is 53.3 Å². The summed E-state index contributed by atoms with van der Waals surface area (Å²) in [5.41, 5.74) is 5.70. The fraction of sp³-hybridized carbons (Fsp3) is 0.304. The maximum Gasteiger partial charge on any atom is 0.416 e. The van der Waals surface area contributed by atoms with Crippen LogP contribution in [0.1, 0.15) is 24.5 Å². The number of aliphatic hydroxyl groups is 1. The largest absolute Gasteiger partial charge is 0.416 e. The number of rotatable bonds is 7. The van der Waals surface area contributed by atoms with Crippen molar-refractivity contribution in [3.05, 3.63) is 80.7 Å². The quantitative estimate of drug-likeness (QED) is 0.361. The first kappa shape index (κ1) is 25.5. The maximum atomic E-state index is 13.2. The fourth-order valence-electron chi connectivity index (χ4n) is 3.83. The lowest BCUT2D eigenvalue weighted by Gasteiger charge is -2.15. The third-order valence-electron chi connectivity index (χ3n) is 6.02. The number of nitrogens with two attached hydrogens (primary N) is 1. The van der Waals surface area contributed by atoms with Crippen LogP contribution in [-0.2, 0) is 18.6 Å². The number of alkyl halides is 3. The Hall–Kier alpha value is -3.19. The van der Waals surface area contributed by atoms with Gasteiger partial charge in [-0.2, -0.15) is 13.2 Å². The van der Waals surface area contributed by atoms with Gasteiger partial charge in [0.25, 0.3) is 0 Å². The van der Waals surface area contributed by atoms with E-state index in [1.807, 2.05) is 0 Å². The van der Waals surface area contributed by atoms with E-state index in [-0.39, 0.29) is 18.2 Å². The van der Waals surface area contributed by atoms with Gasteiger partial charge in [-0.25, -0.2) is 19.1 Å². The van der Waals surface area contributed by atoms with E-state index in [9.17, 15) is 23.1 Å². The molecule has 37 heavy (non-hydrogen) atoms. The Balaban J connectivity index is 1.57. The van der Waals surface area contributed by atoms with Crippen LogP contribution in [0.25, 0.3) is 17.1 Å². The van der Waals surface area contributed by atoms with Crippen molar-refractivity contribution in [3.63, 3.8) is 0 Å². The van der Waals surface area contributed by atoms with E-state index in [1.165, 1.54) is 28.9 Å². The molecule has 3 N–H and O–H groups in total. The molecule has 1 saturated carbocycles. The Morgan fingerprint density at radius 1 is 1.08 bits per heavy atom. The summed E-state index contributed by atoms with van der Waals surface area (Å²) in [6.45, 7) is -1.30. The third-order valence-corrected chi connectivity index (χ3v) is 6.59. The summed E-state index contributed by atoms with van der Waals surface area (Å²) in [6, 6.07) is 13.0. The van der Waals surface area contributed by atoms with Crippen molar-refractivity contribution in [2.75, 3.05) is 0 Å². The van der Waals surface area contributed by atoms with E-state index in [4.69, 9.17) is 28.9 Å². The predicted molar refractivity (Wildman–Crippen MR) is 130 cm³/mol. The van der Waals surface area contributed by atoms with Crippen molar-refractivity contribution in [2.45, 2.75) is 43.8 Å². The van der Waals surface area contributed by atoms with Crippen LogP contribution in [0.2, 0.25) is 10.0 Å². The van der Waals surface area contributed by atoms with Gasteiger partial charge < -0.3 is 10.8 Å². The Morgan fingerprint density at radius 2 is 1.76 bits per heavy atom. The second-order valence-corrected chi connectivity index (χ2v) is 9.65. The van der Waals surface area contributed by atoms with Crippen LogP contribution in [0.5, 0.6) is 0 Å². The molecule has 1 aliphatic carbocycles. The molecular formula is C23H20Cl2F3N7O2. The molecule has 14 heteroatoms. The summed E-state index contributed by atoms with van der Waals surface area (Å²) in [5.74, 6) is 0.541. The summed E-state index contributed by atoms with van der Waals surface area (Å²) >= 11 is 12.3. The monoisotopic (exact) mass is 553 g/mol. The highest BCUT2D eigenvalue weighted by atomic mass is 35.5. The maximum absolute atomic E-state index is 13.2. The van der Waals surface area contributed by atoms with Gasteiger partial charge in [-0.1, -0.05) is 35.3 Å². The molecule has 0 saturated heterocycles. The van der Waals surface area contributed by atoms with Crippen molar-refractivity contribution >= 4 is 23.2 Å².